The third-order valence-corrected chi connectivity index (χ3v) is 5.60. The first kappa shape index (κ1) is 19.7. The topological polar surface area (TPSA) is 41.9 Å². The molecule has 0 saturated heterocycles. The van der Waals surface area contributed by atoms with E-state index in [1.807, 2.05) is 24.3 Å². The highest BCUT2D eigenvalue weighted by Gasteiger charge is 2.38. The number of halogens is 1. The molecule has 0 unspecified atom stereocenters. The van der Waals surface area contributed by atoms with E-state index >= 15 is 0 Å². The van der Waals surface area contributed by atoms with Crippen LogP contribution in [0.25, 0.3) is 0 Å². The summed E-state index contributed by atoms with van der Waals surface area (Å²) in [5.41, 5.74) is 0.914. The zero-order chi connectivity index (χ0) is 20.1. The second kappa shape index (κ2) is 8.82. The van der Waals surface area contributed by atoms with Crippen LogP contribution in [-0.4, -0.2) is 21.6 Å². The lowest BCUT2D eigenvalue weighted by Gasteiger charge is -2.42. The number of allylic oxidation sites excluding steroid dienone is 4. The zero-order valence-corrected chi connectivity index (χ0v) is 16.9. The van der Waals surface area contributed by atoms with Gasteiger partial charge in [0.15, 0.2) is 6.26 Å². The Balaban J connectivity index is 1.58. The number of ether oxygens (including phenoxy) is 2. The fraction of sp³-hybridized carbons (Fsp3) is 0.333. The minimum absolute atomic E-state index is 0.0708. The van der Waals surface area contributed by atoms with E-state index in [1.165, 1.54) is 12.5 Å². The van der Waals surface area contributed by atoms with E-state index in [9.17, 15) is 5.11 Å². The molecule has 0 amide bonds. The molecule has 1 aliphatic heterocycles. The molecule has 1 fully saturated rings. The van der Waals surface area contributed by atoms with Crippen LogP contribution in [0.15, 0.2) is 72.9 Å². The molecule has 29 heavy (non-hydrogen) atoms. The molecule has 0 aromatic heterocycles. The van der Waals surface area contributed by atoms with Crippen molar-refractivity contribution in [2.45, 2.75) is 50.2 Å². The molecule has 1 heterocycles. The summed E-state index contributed by atoms with van der Waals surface area (Å²) in [6.45, 7) is 0. The van der Waals surface area contributed by atoms with Crippen LogP contribution in [0.4, 0.5) is 0 Å². The smallest absolute Gasteiger partial charge is 0.235 e. The second-order valence-corrected chi connectivity index (χ2v) is 7.96. The summed E-state index contributed by atoms with van der Waals surface area (Å²) in [6, 6.07) is 7.47. The Morgan fingerprint density at radius 1 is 1.28 bits per heavy atom. The summed E-state index contributed by atoms with van der Waals surface area (Å²) in [4.78, 5) is 2.16. The monoisotopic (exact) mass is 409 g/mol. The SMILES string of the molecule is O[C@]1(C#Cc2cccc(Cl)c2)CCC[C@@H](N(C2=CC=CCC2)C2=COC=CO2)C1. The van der Waals surface area contributed by atoms with Gasteiger partial charge in [0.05, 0.1) is 0 Å². The lowest BCUT2D eigenvalue weighted by atomic mass is 9.81. The lowest BCUT2D eigenvalue weighted by Crippen LogP contribution is -2.45. The van der Waals surface area contributed by atoms with Crippen molar-refractivity contribution in [2.75, 3.05) is 0 Å². The van der Waals surface area contributed by atoms with E-state index in [4.69, 9.17) is 21.1 Å². The summed E-state index contributed by atoms with van der Waals surface area (Å²) in [5.74, 6) is 6.86. The molecule has 2 aliphatic carbocycles. The maximum Gasteiger partial charge on any atom is 0.235 e. The molecule has 0 radical (unpaired) electrons. The van der Waals surface area contributed by atoms with Gasteiger partial charge in [-0.3, -0.25) is 0 Å². The Kier molecular flexibility index (Phi) is 5.99. The summed E-state index contributed by atoms with van der Waals surface area (Å²) in [5, 5.41) is 11.9. The van der Waals surface area contributed by atoms with Crippen LogP contribution in [0.5, 0.6) is 0 Å². The van der Waals surface area contributed by atoms with E-state index in [1.54, 1.807) is 6.26 Å². The highest BCUT2D eigenvalue weighted by molar-refractivity contribution is 6.30. The molecule has 3 aliphatic rings. The van der Waals surface area contributed by atoms with Crippen LogP contribution in [0.2, 0.25) is 5.02 Å². The molecular formula is C24H24ClNO3. The van der Waals surface area contributed by atoms with Crippen molar-refractivity contribution >= 4 is 11.6 Å². The Morgan fingerprint density at radius 2 is 2.21 bits per heavy atom. The van der Waals surface area contributed by atoms with Gasteiger partial charge in [0.25, 0.3) is 0 Å². The van der Waals surface area contributed by atoms with Gasteiger partial charge < -0.3 is 19.5 Å². The zero-order valence-electron chi connectivity index (χ0n) is 16.2. The van der Waals surface area contributed by atoms with Gasteiger partial charge >= 0.3 is 0 Å². The second-order valence-electron chi connectivity index (χ2n) is 7.52. The van der Waals surface area contributed by atoms with E-state index in [0.717, 1.165) is 36.9 Å². The van der Waals surface area contributed by atoms with Crippen molar-refractivity contribution in [3.63, 3.8) is 0 Å². The minimum Gasteiger partial charge on any atom is -0.464 e. The molecule has 1 aromatic carbocycles. The van der Waals surface area contributed by atoms with Gasteiger partial charge in [0.2, 0.25) is 5.88 Å². The maximum atomic E-state index is 11.2. The van der Waals surface area contributed by atoms with Crippen molar-refractivity contribution in [1.29, 1.82) is 0 Å². The molecular weight excluding hydrogens is 386 g/mol. The predicted molar refractivity (Wildman–Crippen MR) is 113 cm³/mol. The van der Waals surface area contributed by atoms with Crippen LogP contribution in [0.3, 0.4) is 0 Å². The average Bonchev–Trinajstić information content (AvgIpc) is 2.74. The molecule has 1 saturated carbocycles. The van der Waals surface area contributed by atoms with E-state index < -0.39 is 5.60 Å². The number of hydrogen-bond acceptors (Lipinski definition) is 4. The highest BCUT2D eigenvalue weighted by atomic mass is 35.5. The molecule has 150 valence electrons. The van der Waals surface area contributed by atoms with Crippen molar-refractivity contribution in [2.24, 2.45) is 0 Å². The van der Waals surface area contributed by atoms with Gasteiger partial charge in [0, 0.05) is 28.7 Å². The minimum atomic E-state index is -1.06. The van der Waals surface area contributed by atoms with Crippen molar-refractivity contribution < 1.29 is 14.6 Å². The fourth-order valence-corrected chi connectivity index (χ4v) is 4.22. The Bertz CT molecular complexity index is 937. The molecule has 4 rings (SSSR count). The Hall–Kier alpha value is -2.61. The highest BCUT2D eigenvalue weighted by Crippen LogP contribution is 2.37. The lowest BCUT2D eigenvalue weighted by molar-refractivity contribution is 0.0142. The Morgan fingerprint density at radius 3 is 2.97 bits per heavy atom. The van der Waals surface area contributed by atoms with Gasteiger partial charge in [-0.15, -0.1) is 0 Å². The molecule has 1 aromatic rings. The van der Waals surface area contributed by atoms with Gasteiger partial charge in [-0.05, 0) is 56.4 Å². The van der Waals surface area contributed by atoms with Gasteiger partial charge in [-0.25, -0.2) is 0 Å². The molecule has 0 spiro atoms. The van der Waals surface area contributed by atoms with Crippen LogP contribution < -0.4 is 0 Å². The van der Waals surface area contributed by atoms with Gasteiger partial charge in [0.1, 0.15) is 18.1 Å². The van der Waals surface area contributed by atoms with Crippen molar-refractivity contribution in [3.05, 3.63) is 83.4 Å². The predicted octanol–water partition coefficient (Wildman–Crippen LogP) is 5.22. The number of rotatable bonds is 3. The fourth-order valence-electron chi connectivity index (χ4n) is 4.03. The normalized spacial score (nSPS) is 25.7. The maximum absolute atomic E-state index is 11.2. The molecule has 4 nitrogen and oxygen atoms in total. The first-order valence-corrected chi connectivity index (χ1v) is 10.3. The van der Waals surface area contributed by atoms with Crippen molar-refractivity contribution in [3.8, 4) is 11.8 Å². The molecule has 0 bridgehead atoms. The third kappa shape index (κ3) is 4.87. The standard InChI is InChI=1S/C24H24ClNO3/c25-20-7-4-6-19(16-20)11-13-24(27)12-5-10-22(17-24)26(21-8-2-1-3-9-21)23-18-28-14-15-29-23/h1-2,4,6-8,14-16,18,22,27H,3,5,9-10,12,17H2/t22-,24+/m1/s1. The number of nitrogens with zero attached hydrogens (tertiary/aromatic N) is 1. The first-order valence-electron chi connectivity index (χ1n) is 9.96. The van der Waals surface area contributed by atoms with Gasteiger partial charge in [-0.2, -0.15) is 0 Å². The summed E-state index contributed by atoms with van der Waals surface area (Å²) >= 11 is 6.05. The molecule has 2 atom stereocenters. The number of hydrogen-bond donors (Lipinski definition) is 1. The van der Waals surface area contributed by atoms with E-state index in [0.29, 0.717) is 23.7 Å². The summed E-state index contributed by atoms with van der Waals surface area (Å²) in [6.07, 6.45) is 15.9. The molecule has 1 N–H and O–H groups in total. The third-order valence-electron chi connectivity index (χ3n) is 5.36. The molecule has 5 heteroatoms. The largest absolute Gasteiger partial charge is 0.464 e. The summed E-state index contributed by atoms with van der Waals surface area (Å²) in [7, 11) is 0. The Labute approximate surface area is 176 Å². The summed E-state index contributed by atoms with van der Waals surface area (Å²) < 4.78 is 11.1. The number of aliphatic hydroxyl groups is 1. The van der Waals surface area contributed by atoms with Gasteiger partial charge in [-0.1, -0.05) is 41.7 Å². The van der Waals surface area contributed by atoms with Crippen LogP contribution >= 0.6 is 11.6 Å². The van der Waals surface area contributed by atoms with Crippen LogP contribution in [0, 0.1) is 11.8 Å². The quantitative estimate of drug-likeness (QED) is 0.695. The van der Waals surface area contributed by atoms with Crippen LogP contribution in [-0.2, 0) is 9.47 Å². The number of benzene rings is 1. The average molecular weight is 410 g/mol. The van der Waals surface area contributed by atoms with E-state index in [2.05, 4.69) is 35.0 Å². The van der Waals surface area contributed by atoms with E-state index in [-0.39, 0.29) is 6.04 Å². The van der Waals surface area contributed by atoms with Crippen molar-refractivity contribution in [1.82, 2.24) is 4.90 Å². The van der Waals surface area contributed by atoms with Crippen LogP contribution in [0.1, 0.15) is 44.1 Å². The first-order chi connectivity index (χ1) is 14.1.